The van der Waals surface area contributed by atoms with Crippen molar-refractivity contribution in [1.29, 1.82) is 0 Å². The van der Waals surface area contributed by atoms with Gasteiger partial charge in [0.1, 0.15) is 61.0 Å². The van der Waals surface area contributed by atoms with Gasteiger partial charge in [0.15, 0.2) is 29.0 Å². The molecular formula is C114H116N14O17S. The van der Waals surface area contributed by atoms with Crippen LogP contribution in [0.15, 0.2) is 241 Å². The summed E-state index contributed by atoms with van der Waals surface area (Å²) in [6.07, 6.45) is 50.8. The number of nitrogens with zero attached hydrogens (tertiary/aromatic N) is 9. The van der Waals surface area contributed by atoms with Crippen molar-refractivity contribution in [3.8, 4) is 102 Å². The maximum Gasteiger partial charge on any atom is 0.303 e. The summed E-state index contributed by atoms with van der Waals surface area (Å²) in [6.45, 7) is 3.02. The zero-order valence-corrected chi connectivity index (χ0v) is 82.3. The molecule has 0 bridgehead atoms. The molecule has 5 N–H and O–H groups in total. The lowest BCUT2D eigenvalue weighted by atomic mass is 10.0. The van der Waals surface area contributed by atoms with Gasteiger partial charge in [-0.05, 0) is 217 Å². The van der Waals surface area contributed by atoms with Crippen molar-refractivity contribution < 1.29 is 80.8 Å². The highest BCUT2D eigenvalue weighted by molar-refractivity contribution is 7.10. The maximum atomic E-state index is 13.5. The molecule has 3 aromatic heterocycles. The normalized spacial score (nSPS) is 15.4. The number of aryl methyl sites for hydroxylation is 1. The SMILES string of the molecule is C#CC(=O)N(Cc1ccco1)C(C(=O)NC1CCCC1)c1ccccc1.C#CC(=O)N(c1cc(OC)ccc1OC)C(C(=O)NC1CCCC1)c1cccs1.C#CC(=O)N(c1ccc(-n2cnnn2)c(C)c1)C(C(=O)NC1CCCC1)c1ccccc1.C#CC(=O)N(c1ccc2c(c1)OCCO2)C(C(=O)NC1CCCC1)c1ccccc1.C#CC(=O)N(c1ccc2c(c1)OCO2)C(C(=O)NC1CCCC1)c1ccccc1. The first-order valence-electron chi connectivity index (χ1n) is 48.8. The predicted octanol–water partition coefficient (Wildman–Crippen LogP) is 15.7. The fourth-order valence-electron chi connectivity index (χ4n) is 19.1. The van der Waals surface area contributed by atoms with Gasteiger partial charge in [-0.15, -0.1) is 48.6 Å². The van der Waals surface area contributed by atoms with Crippen LogP contribution in [0.5, 0.6) is 34.5 Å². The van der Waals surface area contributed by atoms with Gasteiger partial charge in [-0.25, -0.2) is 4.68 Å². The summed E-state index contributed by atoms with van der Waals surface area (Å²) in [6, 6.07) is 60.9. The van der Waals surface area contributed by atoms with Gasteiger partial charge < -0.3 is 64.3 Å². The Labute approximate surface area is 853 Å². The molecule has 18 rings (SSSR count). The number of amides is 10. The minimum atomic E-state index is -0.903. The summed E-state index contributed by atoms with van der Waals surface area (Å²) in [5.74, 6) is 10.4. The van der Waals surface area contributed by atoms with Gasteiger partial charge in [0, 0.05) is 70.3 Å². The smallest absolute Gasteiger partial charge is 0.303 e. The van der Waals surface area contributed by atoms with E-state index in [1.165, 1.54) is 67.3 Å². The monoisotopic (exact) mass is 1980 g/mol. The molecule has 8 aromatic carbocycles. The summed E-state index contributed by atoms with van der Waals surface area (Å²) in [7, 11) is 3.03. The maximum absolute atomic E-state index is 13.5. The molecule has 32 heteroatoms. The Kier molecular flexibility index (Phi) is 37.5. The molecule has 5 aliphatic carbocycles. The fraction of sp³-hybridized carbons (Fsp3) is 0.325. The summed E-state index contributed by atoms with van der Waals surface area (Å²) in [5.41, 5.74) is 6.24. The number of hydrogen-bond acceptors (Lipinski definition) is 21. The van der Waals surface area contributed by atoms with Crippen LogP contribution < -0.4 is 74.6 Å². The first-order chi connectivity index (χ1) is 71.2. The van der Waals surface area contributed by atoms with Gasteiger partial charge in [-0.3, -0.25) is 67.5 Å². The third-order valence-electron chi connectivity index (χ3n) is 26.2. The molecule has 31 nitrogen and oxygen atoms in total. The highest BCUT2D eigenvalue weighted by atomic mass is 32.1. The van der Waals surface area contributed by atoms with Crippen LogP contribution in [0.4, 0.5) is 22.7 Å². The number of carbonyl (C=O) groups excluding carboxylic acids is 10. The van der Waals surface area contributed by atoms with Crippen molar-refractivity contribution in [2.24, 2.45) is 0 Å². The zero-order chi connectivity index (χ0) is 103. The van der Waals surface area contributed by atoms with E-state index >= 15 is 0 Å². The van der Waals surface area contributed by atoms with Gasteiger partial charge in [0.05, 0.1) is 38.4 Å². The van der Waals surface area contributed by atoms with Crippen molar-refractivity contribution in [3.05, 3.63) is 275 Å². The molecule has 0 spiro atoms. The van der Waals surface area contributed by atoms with Crippen LogP contribution in [-0.2, 0) is 54.5 Å². The minimum absolute atomic E-state index is 0.111. The number of terminal acetylenes is 5. The number of hydrogen-bond donors (Lipinski definition) is 5. The van der Waals surface area contributed by atoms with Crippen molar-refractivity contribution in [2.45, 2.75) is 202 Å². The molecule has 0 radical (unpaired) electrons. The number of furan rings is 1. The van der Waals surface area contributed by atoms with E-state index in [2.05, 4.69) is 71.7 Å². The number of nitrogens with one attached hydrogen (secondary N) is 5. The standard InChI is InChI=1S/C24H24N6O2.C24H24N2O4.C23H22N2O4.C22H24N2O4S.C21H22N2O3/c1-3-22(31)30(20-13-14-21(17(2)15-20)29-16-25-27-28-29)23(18-9-5-4-6-10-18)24(32)26-19-11-7-8-12-19;1-2-22(27)26(19-12-13-20-21(16-19)30-15-14-29-20)23(17-8-4-3-5-9-17)24(28)25-18-10-6-7-11-18;1-2-21(26)25(18-12-13-19-20(14-18)29-15-28-19)22(16-8-4-3-5-9-16)23(27)24-17-10-6-7-11-17;1-4-20(25)24(17-14-16(27-2)11-12-18(17)28-3)21(19-10-7-13-29-19)22(26)23-15-8-5-6-9-15;1-2-19(24)23(15-18-13-8-14-26-18)20(16-9-4-3-5-10-16)21(25)22-17-11-6-7-12-17/h1,4-6,9-10,13-16,19,23H,7-8,11-12H2,2H3,(H,26,32);1,3-5,8-9,12-13,16,18,23H,6-7,10-11,14-15H2,(H,25,28);1,3-5,8-9,12-14,17,22H,6-7,10-11,15H2,(H,24,27);1,7,10-15,21H,5-6,8-9H2,2-3H3,(H,23,26);1,3-5,8-10,13-14,17,20H,6-7,11-12,15H2,(H,22,25). The number of anilines is 4. The molecule has 0 saturated heterocycles. The minimum Gasteiger partial charge on any atom is -0.497 e. The molecule has 5 saturated carbocycles. The van der Waals surface area contributed by atoms with Crippen LogP contribution in [0.2, 0.25) is 0 Å². The zero-order valence-electron chi connectivity index (χ0n) is 81.5. The second kappa shape index (κ2) is 52.2. The lowest BCUT2D eigenvalue weighted by molar-refractivity contribution is -0.138. The van der Waals surface area contributed by atoms with Crippen molar-refractivity contribution in [2.75, 3.05) is 53.8 Å². The third kappa shape index (κ3) is 26.9. The van der Waals surface area contributed by atoms with Crippen LogP contribution >= 0.6 is 11.3 Å². The van der Waals surface area contributed by atoms with Crippen molar-refractivity contribution in [3.63, 3.8) is 0 Å². The Morgan fingerprint density at radius 1 is 0.404 bits per heavy atom. The molecule has 11 aromatic rings. The molecular weight excluding hydrogens is 1870 g/mol. The average Bonchev–Trinajstić information content (AvgIpc) is 1.02. The average molecular weight is 1990 g/mol. The second-order valence-electron chi connectivity index (χ2n) is 35.7. The lowest BCUT2D eigenvalue weighted by Gasteiger charge is -2.31. The van der Waals surface area contributed by atoms with Crippen molar-refractivity contribution in [1.82, 2.24) is 51.7 Å². The first kappa shape index (κ1) is 105. The van der Waals surface area contributed by atoms with Crippen LogP contribution in [0.25, 0.3) is 5.69 Å². The molecule has 5 atom stereocenters. The summed E-state index contributed by atoms with van der Waals surface area (Å²) in [5, 5.41) is 28.6. The first-order valence-corrected chi connectivity index (χ1v) is 49.7. The molecule has 5 unspecified atom stereocenters. The molecule has 7 aliphatic rings. The number of rotatable bonds is 29. The number of methoxy groups -OCH3 is 2. The van der Waals surface area contributed by atoms with Gasteiger partial charge >= 0.3 is 23.6 Å². The lowest BCUT2D eigenvalue weighted by Crippen LogP contribution is -2.46. The van der Waals surface area contributed by atoms with E-state index < -0.39 is 59.7 Å². The van der Waals surface area contributed by atoms with Gasteiger partial charge in [0.2, 0.25) is 36.3 Å². The summed E-state index contributed by atoms with van der Waals surface area (Å²) in [4.78, 5) is 138. The number of tetrazole rings is 1. The molecule has 146 heavy (non-hydrogen) atoms. The Hall–Kier alpha value is -16.9. The van der Waals surface area contributed by atoms with Crippen molar-refractivity contribution >= 4 is 93.2 Å². The number of thiophene rings is 1. The molecule has 5 fully saturated rings. The molecule has 750 valence electrons. The highest BCUT2D eigenvalue weighted by Crippen LogP contribution is 2.44. The fourth-order valence-corrected chi connectivity index (χ4v) is 19.9. The van der Waals surface area contributed by atoms with Crippen LogP contribution in [-0.4, -0.2) is 149 Å². The number of carbonyl (C=O) groups is 10. The molecule has 5 heterocycles. The topological polar surface area (TPSA) is 359 Å². The van der Waals surface area contributed by atoms with Gasteiger partial charge in [-0.1, -0.05) is 192 Å². The van der Waals surface area contributed by atoms with E-state index in [9.17, 15) is 47.9 Å². The number of benzene rings is 8. The number of fused-ring (bicyclic) bond motifs is 2. The van der Waals surface area contributed by atoms with E-state index in [0.717, 1.165) is 145 Å². The van der Waals surface area contributed by atoms with E-state index in [1.54, 1.807) is 78.9 Å². The third-order valence-corrected chi connectivity index (χ3v) is 27.1. The quantitative estimate of drug-likeness (QED) is 0.0272. The van der Waals surface area contributed by atoms with Gasteiger partial charge in [-0.2, -0.15) is 0 Å². The second-order valence-corrected chi connectivity index (χ2v) is 36.7. The predicted molar refractivity (Wildman–Crippen MR) is 553 cm³/mol. The van der Waals surface area contributed by atoms with Crippen LogP contribution in [0.1, 0.15) is 197 Å². The number of aromatic nitrogens is 4. The number of ether oxygens (including phenoxy) is 6. The van der Waals surface area contributed by atoms with Crippen LogP contribution in [0, 0.1) is 68.6 Å². The van der Waals surface area contributed by atoms with E-state index in [4.69, 9.17) is 65.0 Å². The van der Waals surface area contributed by atoms with E-state index in [0.29, 0.717) is 97.8 Å². The van der Waals surface area contributed by atoms with E-state index in [1.807, 2.05) is 152 Å². The van der Waals surface area contributed by atoms with E-state index in [-0.39, 0.29) is 73.1 Å². The Bertz CT molecular complexity index is 6530. The van der Waals surface area contributed by atoms with Gasteiger partial charge in [0.25, 0.3) is 5.91 Å². The van der Waals surface area contributed by atoms with Crippen LogP contribution in [0.3, 0.4) is 0 Å². The molecule has 10 amide bonds. The summed E-state index contributed by atoms with van der Waals surface area (Å²) >= 11 is 1.40. The highest BCUT2D eigenvalue weighted by Gasteiger charge is 2.42. The Morgan fingerprint density at radius 3 is 1.17 bits per heavy atom. The Morgan fingerprint density at radius 2 is 0.788 bits per heavy atom. The largest absolute Gasteiger partial charge is 0.497 e. The summed E-state index contributed by atoms with van der Waals surface area (Å²) < 4.78 is 39.7. The molecule has 2 aliphatic heterocycles. The Balaban J connectivity index is 0.000000145.